The number of hydrogen-bond donors (Lipinski definition) is 2. The molecule has 2 rings (SSSR count). The number of benzene rings is 2. The fourth-order valence-electron chi connectivity index (χ4n) is 2.19. The van der Waals surface area contributed by atoms with Gasteiger partial charge in [0.2, 0.25) is 0 Å². The van der Waals surface area contributed by atoms with Gasteiger partial charge in [0.05, 0.1) is 6.61 Å². The molecule has 2 N–H and O–H groups in total. The Hall–Kier alpha value is -2.24. The summed E-state index contributed by atoms with van der Waals surface area (Å²) in [4.78, 5) is 13.9. The van der Waals surface area contributed by atoms with Crippen molar-refractivity contribution in [2.75, 3.05) is 37.0 Å². The zero-order valence-electron chi connectivity index (χ0n) is 13.8. The van der Waals surface area contributed by atoms with E-state index < -0.39 is 0 Å². The van der Waals surface area contributed by atoms with Crippen molar-refractivity contribution in [3.8, 4) is 5.75 Å². The van der Waals surface area contributed by atoms with Crippen molar-refractivity contribution >= 4 is 28.9 Å². The van der Waals surface area contributed by atoms with Gasteiger partial charge in [0, 0.05) is 30.0 Å². The van der Waals surface area contributed by atoms with Gasteiger partial charge in [-0.1, -0.05) is 11.6 Å². The van der Waals surface area contributed by atoms with E-state index in [1.54, 1.807) is 18.2 Å². The molecule has 0 aliphatic rings. The first-order valence-electron chi connectivity index (χ1n) is 7.60. The molecule has 0 heterocycles. The summed E-state index contributed by atoms with van der Waals surface area (Å²) in [6, 6.07) is 12.7. The van der Waals surface area contributed by atoms with Crippen molar-refractivity contribution in [2.45, 2.75) is 6.92 Å². The Kier molecular flexibility index (Phi) is 6.46. The van der Waals surface area contributed by atoms with Crippen molar-refractivity contribution in [3.05, 3.63) is 53.1 Å². The predicted molar refractivity (Wildman–Crippen MR) is 97.1 cm³/mol. The maximum Gasteiger partial charge on any atom is 0.262 e. The van der Waals surface area contributed by atoms with Gasteiger partial charge in [0.25, 0.3) is 5.91 Å². The van der Waals surface area contributed by atoms with Crippen LogP contribution in [0.25, 0.3) is 0 Å². The summed E-state index contributed by atoms with van der Waals surface area (Å²) in [5.74, 6) is 0.399. The molecule has 2 aromatic carbocycles. The van der Waals surface area contributed by atoms with Gasteiger partial charge in [-0.25, -0.2) is 0 Å². The zero-order chi connectivity index (χ0) is 17.5. The third-order valence-electron chi connectivity index (χ3n) is 3.52. The molecular formula is C18H21ClN2O3. The van der Waals surface area contributed by atoms with Crippen molar-refractivity contribution < 1.29 is 14.6 Å². The molecule has 0 unspecified atom stereocenters. The number of aryl methyl sites for hydroxylation is 1. The third-order valence-corrected chi connectivity index (χ3v) is 3.76. The molecule has 0 radical (unpaired) electrons. The van der Waals surface area contributed by atoms with Gasteiger partial charge >= 0.3 is 0 Å². The number of hydrogen-bond acceptors (Lipinski definition) is 4. The Morgan fingerprint density at radius 3 is 2.58 bits per heavy atom. The van der Waals surface area contributed by atoms with E-state index >= 15 is 0 Å². The fourth-order valence-corrected chi connectivity index (χ4v) is 2.42. The first-order valence-corrected chi connectivity index (χ1v) is 7.98. The molecule has 0 aromatic heterocycles. The minimum atomic E-state index is -0.235. The van der Waals surface area contributed by atoms with Crippen LogP contribution in [0.3, 0.4) is 0 Å². The Balaban J connectivity index is 1.88. The fraction of sp³-hybridized carbons (Fsp3) is 0.278. The first-order chi connectivity index (χ1) is 11.5. The lowest BCUT2D eigenvalue weighted by molar-refractivity contribution is -0.118. The number of anilines is 2. The Bertz CT molecular complexity index is 689. The molecule has 0 saturated heterocycles. The van der Waals surface area contributed by atoms with Crippen molar-refractivity contribution in [1.29, 1.82) is 0 Å². The van der Waals surface area contributed by atoms with Gasteiger partial charge in [-0.2, -0.15) is 0 Å². The summed E-state index contributed by atoms with van der Waals surface area (Å²) in [7, 11) is 1.89. The van der Waals surface area contributed by atoms with E-state index in [2.05, 4.69) is 5.32 Å². The van der Waals surface area contributed by atoms with Crippen LogP contribution in [0.2, 0.25) is 5.02 Å². The molecule has 6 heteroatoms. The average Bonchev–Trinajstić information content (AvgIpc) is 2.55. The highest BCUT2D eigenvalue weighted by Gasteiger charge is 2.07. The number of amides is 1. The minimum Gasteiger partial charge on any atom is -0.483 e. The number of rotatable bonds is 7. The van der Waals surface area contributed by atoms with E-state index in [0.717, 1.165) is 11.3 Å². The molecule has 24 heavy (non-hydrogen) atoms. The molecule has 0 spiro atoms. The van der Waals surface area contributed by atoms with E-state index in [9.17, 15) is 4.79 Å². The molecule has 1 amide bonds. The number of carbonyl (C=O) groups excluding carboxylic acids is 1. The molecular weight excluding hydrogens is 328 g/mol. The van der Waals surface area contributed by atoms with Crippen molar-refractivity contribution in [1.82, 2.24) is 0 Å². The van der Waals surface area contributed by atoms with Gasteiger partial charge in [-0.15, -0.1) is 0 Å². The van der Waals surface area contributed by atoms with Crippen molar-refractivity contribution in [2.24, 2.45) is 0 Å². The maximum absolute atomic E-state index is 12.0. The van der Waals surface area contributed by atoms with Gasteiger partial charge in [-0.3, -0.25) is 4.79 Å². The van der Waals surface area contributed by atoms with Gasteiger partial charge < -0.3 is 20.1 Å². The molecule has 0 fully saturated rings. The maximum atomic E-state index is 12.0. The quantitative estimate of drug-likeness (QED) is 0.807. The highest BCUT2D eigenvalue weighted by Crippen LogP contribution is 2.22. The molecule has 2 aromatic rings. The third kappa shape index (κ3) is 5.15. The number of halogens is 1. The molecule has 0 bridgehead atoms. The smallest absolute Gasteiger partial charge is 0.262 e. The number of nitrogens with zero attached hydrogens (tertiary/aromatic N) is 1. The molecule has 128 valence electrons. The van der Waals surface area contributed by atoms with Crippen LogP contribution in [0.4, 0.5) is 11.4 Å². The largest absolute Gasteiger partial charge is 0.483 e. The standard InChI is InChI=1S/C18H21ClN2O3/c1-13-11-14(19)3-8-17(13)24-12-18(23)20-15-4-6-16(7-5-15)21(2)9-10-22/h3-8,11,22H,9-10,12H2,1-2H3,(H,20,23). The summed E-state index contributed by atoms with van der Waals surface area (Å²) in [6.45, 7) is 2.45. The van der Waals surface area contributed by atoms with Crippen LogP contribution in [0.15, 0.2) is 42.5 Å². The number of likely N-dealkylation sites (N-methyl/N-ethyl adjacent to an activating group) is 1. The number of nitrogens with one attached hydrogen (secondary N) is 1. The van der Waals surface area contributed by atoms with Crippen LogP contribution >= 0.6 is 11.6 Å². The monoisotopic (exact) mass is 348 g/mol. The van der Waals surface area contributed by atoms with E-state index in [1.165, 1.54) is 0 Å². The van der Waals surface area contributed by atoms with Crippen LogP contribution in [0.1, 0.15) is 5.56 Å². The summed E-state index contributed by atoms with van der Waals surface area (Å²) < 4.78 is 5.51. The Morgan fingerprint density at radius 1 is 1.25 bits per heavy atom. The summed E-state index contributed by atoms with van der Waals surface area (Å²) in [5, 5.41) is 12.4. The molecule has 0 aliphatic heterocycles. The second-order valence-electron chi connectivity index (χ2n) is 5.44. The van der Waals surface area contributed by atoms with Crippen LogP contribution < -0.4 is 15.0 Å². The van der Waals surface area contributed by atoms with E-state index in [4.69, 9.17) is 21.4 Å². The summed E-state index contributed by atoms with van der Waals surface area (Å²) in [5.41, 5.74) is 2.54. The Labute approximate surface area is 146 Å². The van der Waals surface area contributed by atoms with E-state index in [-0.39, 0.29) is 19.1 Å². The second-order valence-corrected chi connectivity index (χ2v) is 5.88. The lowest BCUT2D eigenvalue weighted by Crippen LogP contribution is -2.22. The van der Waals surface area contributed by atoms with Crippen LogP contribution in [0, 0.1) is 6.92 Å². The molecule has 0 atom stereocenters. The normalized spacial score (nSPS) is 10.3. The predicted octanol–water partition coefficient (Wildman–Crippen LogP) is 3.09. The highest BCUT2D eigenvalue weighted by atomic mass is 35.5. The zero-order valence-corrected chi connectivity index (χ0v) is 14.5. The first kappa shape index (κ1) is 18.1. The summed E-state index contributed by atoms with van der Waals surface area (Å²) in [6.07, 6.45) is 0. The number of ether oxygens (including phenoxy) is 1. The minimum absolute atomic E-state index is 0.0748. The number of aliphatic hydroxyl groups is 1. The van der Waals surface area contributed by atoms with Crippen LogP contribution in [-0.2, 0) is 4.79 Å². The highest BCUT2D eigenvalue weighted by molar-refractivity contribution is 6.30. The molecule has 5 nitrogen and oxygen atoms in total. The number of carbonyl (C=O) groups is 1. The molecule has 0 saturated carbocycles. The SMILES string of the molecule is Cc1cc(Cl)ccc1OCC(=O)Nc1ccc(N(C)CCO)cc1. The Morgan fingerprint density at radius 2 is 1.96 bits per heavy atom. The van der Waals surface area contributed by atoms with E-state index in [0.29, 0.717) is 23.0 Å². The van der Waals surface area contributed by atoms with E-state index in [1.807, 2.05) is 43.1 Å². The molecule has 0 aliphatic carbocycles. The van der Waals surface area contributed by atoms with Gasteiger partial charge in [0.1, 0.15) is 5.75 Å². The van der Waals surface area contributed by atoms with Gasteiger partial charge in [-0.05, 0) is 55.0 Å². The van der Waals surface area contributed by atoms with Crippen LogP contribution in [-0.4, -0.2) is 37.8 Å². The average molecular weight is 349 g/mol. The summed E-state index contributed by atoms with van der Waals surface area (Å²) >= 11 is 5.89. The lowest BCUT2D eigenvalue weighted by Gasteiger charge is -2.18. The van der Waals surface area contributed by atoms with Gasteiger partial charge in [0.15, 0.2) is 6.61 Å². The van der Waals surface area contributed by atoms with Crippen molar-refractivity contribution in [3.63, 3.8) is 0 Å². The number of aliphatic hydroxyl groups excluding tert-OH is 1. The topological polar surface area (TPSA) is 61.8 Å². The van der Waals surface area contributed by atoms with Crippen LogP contribution in [0.5, 0.6) is 5.75 Å². The lowest BCUT2D eigenvalue weighted by atomic mass is 10.2. The second kappa shape index (κ2) is 8.57.